The molecule has 2 rings (SSSR count). The van der Waals surface area contributed by atoms with Crippen LogP contribution in [0.15, 0.2) is 36.8 Å². The lowest BCUT2D eigenvalue weighted by Crippen LogP contribution is -2.03. The van der Waals surface area contributed by atoms with Crippen LogP contribution in [-0.4, -0.2) is 23.2 Å². The lowest BCUT2D eigenvalue weighted by atomic mass is 10.2. The van der Waals surface area contributed by atoms with Gasteiger partial charge < -0.3 is 15.0 Å². The fourth-order valence-electron chi connectivity index (χ4n) is 1.80. The highest BCUT2D eigenvalue weighted by atomic mass is 16.5. The maximum Gasteiger partial charge on any atom is 0.123 e. The van der Waals surface area contributed by atoms with E-state index >= 15 is 0 Å². The number of para-hydroxylation sites is 1. The van der Waals surface area contributed by atoms with Crippen LogP contribution in [-0.2, 0) is 13.0 Å². The van der Waals surface area contributed by atoms with Crippen LogP contribution in [0.25, 0.3) is 0 Å². The third-order valence-corrected chi connectivity index (χ3v) is 2.63. The molecule has 17 heavy (non-hydrogen) atoms. The number of nitrogens with two attached hydrogens (primary N) is 1. The van der Waals surface area contributed by atoms with Crippen molar-refractivity contribution in [3.05, 3.63) is 48.0 Å². The third kappa shape index (κ3) is 2.85. The molecule has 0 aliphatic rings. The lowest BCUT2D eigenvalue weighted by Gasteiger charge is -2.08. The molecule has 0 saturated carbocycles. The minimum atomic E-state index is 0.631. The number of hydrogen-bond donors (Lipinski definition) is 1. The number of methoxy groups -OCH3 is 1. The molecule has 4 heteroatoms. The Morgan fingerprint density at radius 2 is 2.18 bits per heavy atom. The van der Waals surface area contributed by atoms with Gasteiger partial charge >= 0.3 is 0 Å². The number of hydrogen-bond acceptors (Lipinski definition) is 3. The van der Waals surface area contributed by atoms with Gasteiger partial charge in [0.15, 0.2) is 0 Å². The van der Waals surface area contributed by atoms with Crippen LogP contribution in [0.5, 0.6) is 5.75 Å². The summed E-state index contributed by atoms with van der Waals surface area (Å²) in [5, 5.41) is 0. The first kappa shape index (κ1) is 11.7. The molecule has 1 aromatic heterocycles. The zero-order valence-electron chi connectivity index (χ0n) is 9.97. The quantitative estimate of drug-likeness (QED) is 0.847. The Hall–Kier alpha value is -1.81. The van der Waals surface area contributed by atoms with Crippen LogP contribution in [0.3, 0.4) is 0 Å². The molecular formula is C13H17N3O. The summed E-state index contributed by atoms with van der Waals surface area (Å²) < 4.78 is 7.36. The second-order valence-electron chi connectivity index (χ2n) is 3.89. The van der Waals surface area contributed by atoms with Crippen molar-refractivity contribution in [1.82, 2.24) is 9.55 Å². The summed E-state index contributed by atoms with van der Waals surface area (Å²) in [4.78, 5) is 4.30. The fraction of sp³-hybridized carbons (Fsp3) is 0.308. The molecule has 0 aliphatic carbocycles. The summed E-state index contributed by atoms with van der Waals surface area (Å²) in [5.74, 6) is 0.904. The van der Waals surface area contributed by atoms with Gasteiger partial charge in [-0.05, 0) is 12.6 Å². The lowest BCUT2D eigenvalue weighted by molar-refractivity contribution is 0.408. The normalized spacial score (nSPS) is 10.5. The summed E-state index contributed by atoms with van der Waals surface area (Å²) in [5.41, 5.74) is 7.67. The highest BCUT2D eigenvalue weighted by molar-refractivity contribution is 5.33. The first-order valence-electron chi connectivity index (χ1n) is 5.66. The van der Waals surface area contributed by atoms with Crippen molar-refractivity contribution in [2.24, 2.45) is 5.73 Å². The minimum absolute atomic E-state index is 0.631. The average Bonchev–Trinajstić information content (AvgIpc) is 2.78. The Balaban J connectivity index is 2.13. The molecule has 0 spiro atoms. The number of aromatic nitrogens is 2. The smallest absolute Gasteiger partial charge is 0.123 e. The maximum atomic E-state index is 5.50. The van der Waals surface area contributed by atoms with Crippen molar-refractivity contribution in [2.75, 3.05) is 13.7 Å². The first-order chi connectivity index (χ1) is 8.33. The molecule has 1 heterocycles. The van der Waals surface area contributed by atoms with Gasteiger partial charge in [0.25, 0.3) is 0 Å². The Morgan fingerprint density at radius 3 is 2.94 bits per heavy atom. The molecule has 90 valence electrons. The number of rotatable bonds is 5. The Bertz CT molecular complexity index is 479. The predicted molar refractivity (Wildman–Crippen MR) is 67.1 cm³/mol. The van der Waals surface area contributed by atoms with Crippen LogP contribution in [0.1, 0.15) is 11.3 Å². The van der Waals surface area contributed by atoms with Gasteiger partial charge in [0.2, 0.25) is 0 Å². The van der Waals surface area contributed by atoms with E-state index in [2.05, 4.69) is 11.1 Å². The SMILES string of the molecule is COc1ccccc1Cn1cnc(CCN)c1. The van der Waals surface area contributed by atoms with E-state index in [0.717, 1.165) is 30.0 Å². The summed E-state index contributed by atoms with van der Waals surface area (Å²) in [7, 11) is 1.69. The molecule has 0 unspecified atom stereocenters. The van der Waals surface area contributed by atoms with E-state index in [4.69, 9.17) is 10.5 Å². The van der Waals surface area contributed by atoms with Gasteiger partial charge in [-0.25, -0.2) is 4.98 Å². The van der Waals surface area contributed by atoms with Gasteiger partial charge in [-0.2, -0.15) is 0 Å². The summed E-state index contributed by atoms with van der Waals surface area (Å²) >= 11 is 0. The van der Waals surface area contributed by atoms with Crippen LogP contribution < -0.4 is 10.5 Å². The minimum Gasteiger partial charge on any atom is -0.496 e. The molecule has 2 aromatic rings. The molecule has 0 aliphatic heterocycles. The van der Waals surface area contributed by atoms with E-state index in [1.54, 1.807) is 7.11 Å². The van der Waals surface area contributed by atoms with E-state index in [1.165, 1.54) is 0 Å². The van der Waals surface area contributed by atoms with Gasteiger partial charge in [-0.3, -0.25) is 0 Å². The fourth-order valence-corrected chi connectivity index (χ4v) is 1.80. The van der Waals surface area contributed by atoms with Crippen molar-refractivity contribution in [2.45, 2.75) is 13.0 Å². The highest BCUT2D eigenvalue weighted by Crippen LogP contribution is 2.18. The van der Waals surface area contributed by atoms with Gasteiger partial charge in [0.05, 0.1) is 25.7 Å². The first-order valence-corrected chi connectivity index (χ1v) is 5.66. The number of nitrogens with zero attached hydrogens (tertiary/aromatic N) is 2. The maximum absolute atomic E-state index is 5.50. The Labute approximate surface area is 101 Å². The summed E-state index contributed by atoms with van der Waals surface area (Å²) in [6.07, 6.45) is 4.68. The van der Waals surface area contributed by atoms with E-state index in [0.29, 0.717) is 6.54 Å². The van der Waals surface area contributed by atoms with Gasteiger partial charge in [0, 0.05) is 18.2 Å². The van der Waals surface area contributed by atoms with Crippen molar-refractivity contribution in [3.8, 4) is 5.75 Å². The second-order valence-corrected chi connectivity index (χ2v) is 3.89. The molecular weight excluding hydrogens is 214 g/mol. The van der Waals surface area contributed by atoms with Crippen molar-refractivity contribution in [1.29, 1.82) is 0 Å². The van der Waals surface area contributed by atoms with Crippen LogP contribution >= 0.6 is 0 Å². The molecule has 0 saturated heterocycles. The standard InChI is InChI=1S/C13H17N3O/c1-17-13-5-3-2-4-11(13)8-16-9-12(6-7-14)15-10-16/h2-5,9-10H,6-8,14H2,1H3. The monoisotopic (exact) mass is 231 g/mol. The van der Waals surface area contributed by atoms with Crippen molar-refractivity contribution >= 4 is 0 Å². The number of ether oxygens (including phenoxy) is 1. The van der Waals surface area contributed by atoms with Crippen molar-refractivity contribution in [3.63, 3.8) is 0 Å². The van der Waals surface area contributed by atoms with E-state index in [-0.39, 0.29) is 0 Å². The average molecular weight is 231 g/mol. The largest absolute Gasteiger partial charge is 0.496 e. The molecule has 0 amide bonds. The summed E-state index contributed by atoms with van der Waals surface area (Å²) in [6.45, 7) is 1.40. The molecule has 0 atom stereocenters. The molecule has 2 N–H and O–H groups in total. The van der Waals surface area contributed by atoms with Gasteiger partial charge in [0.1, 0.15) is 5.75 Å². The second kappa shape index (κ2) is 5.50. The van der Waals surface area contributed by atoms with Gasteiger partial charge in [-0.1, -0.05) is 18.2 Å². The zero-order chi connectivity index (χ0) is 12.1. The molecule has 1 aromatic carbocycles. The van der Waals surface area contributed by atoms with Crippen LogP contribution in [0.2, 0.25) is 0 Å². The number of benzene rings is 1. The van der Waals surface area contributed by atoms with Crippen LogP contribution in [0.4, 0.5) is 0 Å². The van der Waals surface area contributed by atoms with E-state index < -0.39 is 0 Å². The van der Waals surface area contributed by atoms with E-state index in [9.17, 15) is 0 Å². The highest BCUT2D eigenvalue weighted by Gasteiger charge is 2.03. The molecule has 0 fully saturated rings. The predicted octanol–water partition coefficient (Wildman–Crippen LogP) is 1.44. The zero-order valence-corrected chi connectivity index (χ0v) is 9.97. The molecule has 4 nitrogen and oxygen atoms in total. The third-order valence-electron chi connectivity index (χ3n) is 2.63. The van der Waals surface area contributed by atoms with Gasteiger partial charge in [-0.15, -0.1) is 0 Å². The Morgan fingerprint density at radius 1 is 1.35 bits per heavy atom. The number of imidazole rings is 1. The van der Waals surface area contributed by atoms with Crippen molar-refractivity contribution < 1.29 is 4.74 Å². The molecule has 0 radical (unpaired) electrons. The topological polar surface area (TPSA) is 53.1 Å². The summed E-state index contributed by atoms with van der Waals surface area (Å²) in [6, 6.07) is 8.00. The van der Waals surface area contributed by atoms with Crippen LogP contribution in [0, 0.1) is 0 Å². The Kier molecular flexibility index (Phi) is 3.77. The molecule has 0 bridgehead atoms. The van der Waals surface area contributed by atoms with E-state index in [1.807, 2.05) is 35.3 Å².